The number of rotatable bonds is 4. The third-order valence-electron chi connectivity index (χ3n) is 6.96. The van der Waals surface area contributed by atoms with Crippen LogP contribution in [0.25, 0.3) is 6.08 Å². The number of nitriles is 1. The SMILES string of the molecule is Cc1ncc(C(=O)Nc2cc(Cl)cc(C=C3CCN(C(=O)C4(F)CCCC4)CC3)c2C)cc1C#N. The Kier molecular flexibility index (Phi) is 7.23. The van der Waals surface area contributed by atoms with E-state index in [9.17, 15) is 19.2 Å². The Bertz CT molecular complexity index is 1230. The molecule has 2 aliphatic rings. The number of aromatic nitrogens is 1. The van der Waals surface area contributed by atoms with E-state index in [1.54, 1.807) is 17.9 Å². The summed E-state index contributed by atoms with van der Waals surface area (Å²) in [4.78, 5) is 31.2. The molecule has 0 spiro atoms. The van der Waals surface area contributed by atoms with E-state index in [-0.39, 0.29) is 17.4 Å². The highest BCUT2D eigenvalue weighted by atomic mass is 35.5. The predicted octanol–water partition coefficient (Wildman–Crippen LogP) is 5.76. The van der Waals surface area contributed by atoms with Gasteiger partial charge in [0.15, 0.2) is 5.67 Å². The zero-order chi connectivity index (χ0) is 25.2. The molecule has 1 saturated heterocycles. The molecule has 1 aromatic heterocycles. The van der Waals surface area contributed by atoms with E-state index >= 15 is 0 Å². The minimum Gasteiger partial charge on any atom is -0.339 e. The van der Waals surface area contributed by atoms with Crippen LogP contribution in [0.15, 0.2) is 30.0 Å². The molecule has 35 heavy (non-hydrogen) atoms. The lowest BCUT2D eigenvalue weighted by Crippen LogP contribution is -2.47. The van der Waals surface area contributed by atoms with Crippen molar-refractivity contribution in [3.05, 3.63) is 62.9 Å². The lowest BCUT2D eigenvalue weighted by atomic mass is 9.96. The molecular formula is C27H28ClFN4O2. The van der Waals surface area contributed by atoms with Gasteiger partial charge in [-0.05, 0) is 81.7 Å². The summed E-state index contributed by atoms with van der Waals surface area (Å²) >= 11 is 6.36. The van der Waals surface area contributed by atoms with E-state index in [2.05, 4.69) is 10.3 Å². The number of amides is 2. The summed E-state index contributed by atoms with van der Waals surface area (Å²) in [5.41, 5.74) is 2.97. The fraction of sp³-hybridized carbons (Fsp3) is 0.407. The van der Waals surface area contributed by atoms with Crippen molar-refractivity contribution in [1.29, 1.82) is 5.26 Å². The molecule has 1 aromatic carbocycles. The number of likely N-dealkylation sites (tertiary alicyclic amines) is 1. The first kappa shape index (κ1) is 24.9. The van der Waals surface area contributed by atoms with Crippen LogP contribution in [0.2, 0.25) is 5.02 Å². The monoisotopic (exact) mass is 494 g/mol. The quantitative estimate of drug-likeness (QED) is 0.585. The van der Waals surface area contributed by atoms with Crippen molar-refractivity contribution in [2.75, 3.05) is 18.4 Å². The molecule has 0 unspecified atom stereocenters. The smallest absolute Gasteiger partial charge is 0.260 e. The third-order valence-corrected chi connectivity index (χ3v) is 7.18. The van der Waals surface area contributed by atoms with Gasteiger partial charge in [-0.1, -0.05) is 23.3 Å². The van der Waals surface area contributed by atoms with Gasteiger partial charge < -0.3 is 10.2 Å². The average Bonchev–Trinajstić information content (AvgIpc) is 3.30. The van der Waals surface area contributed by atoms with Crippen molar-refractivity contribution in [1.82, 2.24) is 9.88 Å². The molecule has 8 heteroatoms. The van der Waals surface area contributed by atoms with Crippen LogP contribution >= 0.6 is 11.6 Å². The molecular weight excluding hydrogens is 467 g/mol. The normalized spacial score (nSPS) is 17.1. The lowest BCUT2D eigenvalue weighted by Gasteiger charge is -2.33. The molecule has 1 saturated carbocycles. The molecule has 4 rings (SSSR count). The summed E-state index contributed by atoms with van der Waals surface area (Å²) < 4.78 is 14.9. The maximum Gasteiger partial charge on any atom is 0.260 e. The molecule has 182 valence electrons. The molecule has 1 aliphatic heterocycles. The fourth-order valence-corrected chi connectivity index (χ4v) is 4.97. The highest BCUT2D eigenvalue weighted by molar-refractivity contribution is 6.31. The van der Waals surface area contributed by atoms with E-state index in [0.29, 0.717) is 60.7 Å². The van der Waals surface area contributed by atoms with Crippen LogP contribution in [0.4, 0.5) is 10.1 Å². The first-order valence-corrected chi connectivity index (χ1v) is 12.2. The number of carbonyl (C=O) groups excluding carboxylic acids is 2. The standard InChI is InChI=1S/C27H28ClFN4O2/c1-17-20(11-19-5-9-33(10-6-19)26(35)27(29)7-3-4-8-27)13-23(28)14-24(17)32-25(34)22-12-21(15-30)18(2)31-16-22/h11-14,16H,3-10H2,1-2H3,(H,32,34). The number of piperidine rings is 1. The van der Waals surface area contributed by atoms with E-state index in [1.165, 1.54) is 12.3 Å². The molecule has 2 heterocycles. The Balaban J connectivity index is 1.48. The molecule has 1 aliphatic carbocycles. The summed E-state index contributed by atoms with van der Waals surface area (Å²) in [7, 11) is 0. The molecule has 2 fully saturated rings. The van der Waals surface area contributed by atoms with Crippen LogP contribution in [0.3, 0.4) is 0 Å². The number of benzene rings is 1. The molecule has 2 amide bonds. The largest absolute Gasteiger partial charge is 0.339 e. The number of pyridine rings is 1. The van der Waals surface area contributed by atoms with Gasteiger partial charge in [0.25, 0.3) is 11.8 Å². The van der Waals surface area contributed by atoms with Crippen LogP contribution in [0.5, 0.6) is 0 Å². The predicted molar refractivity (Wildman–Crippen MR) is 134 cm³/mol. The number of aryl methyl sites for hydroxylation is 1. The van der Waals surface area contributed by atoms with Gasteiger partial charge in [-0.3, -0.25) is 14.6 Å². The molecule has 1 N–H and O–H groups in total. The number of nitrogens with one attached hydrogen (secondary N) is 1. The van der Waals surface area contributed by atoms with Crippen molar-refractivity contribution in [2.45, 2.75) is 58.0 Å². The van der Waals surface area contributed by atoms with Gasteiger partial charge in [0.1, 0.15) is 6.07 Å². The minimum absolute atomic E-state index is 0.288. The van der Waals surface area contributed by atoms with Gasteiger partial charge in [0, 0.05) is 30.0 Å². The molecule has 0 bridgehead atoms. The zero-order valence-electron chi connectivity index (χ0n) is 20.0. The summed E-state index contributed by atoms with van der Waals surface area (Å²) in [6, 6.07) is 7.09. The van der Waals surface area contributed by atoms with Gasteiger partial charge in [0.2, 0.25) is 0 Å². The maximum absolute atomic E-state index is 14.9. The Hall–Kier alpha value is -3.24. The van der Waals surface area contributed by atoms with Gasteiger partial charge in [-0.15, -0.1) is 0 Å². The average molecular weight is 495 g/mol. The number of nitrogens with zero attached hydrogens (tertiary/aromatic N) is 3. The van der Waals surface area contributed by atoms with E-state index in [4.69, 9.17) is 11.6 Å². The maximum atomic E-state index is 14.9. The third kappa shape index (κ3) is 5.38. The summed E-state index contributed by atoms with van der Waals surface area (Å²) in [6.45, 7) is 4.62. The number of hydrogen-bond acceptors (Lipinski definition) is 4. The fourth-order valence-electron chi connectivity index (χ4n) is 4.74. The number of alkyl halides is 1. The number of hydrogen-bond donors (Lipinski definition) is 1. The Labute approximate surface area is 209 Å². The lowest BCUT2D eigenvalue weighted by molar-refractivity contribution is -0.144. The van der Waals surface area contributed by atoms with Gasteiger partial charge in [-0.25, -0.2) is 4.39 Å². The van der Waals surface area contributed by atoms with Crippen LogP contribution in [-0.2, 0) is 4.79 Å². The van der Waals surface area contributed by atoms with Crippen LogP contribution < -0.4 is 5.32 Å². The number of carbonyl (C=O) groups is 2. The second-order valence-corrected chi connectivity index (χ2v) is 9.79. The Morgan fingerprint density at radius 1 is 1.20 bits per heavy atom. The van der Waals surface area contributed by atoms with Gasteiger partial charge in [-0.2, -0.15) is 5.26 Å². The topological polar surface area (TPSA) is 86.1 Å². The highest BCUT2D eigenvalue weighted by Crippen LogP contribution is 2.36. The summed E-state index contributed by atoms with van der Waals surface area (Å²) in [5.74, 6) is -0.736. The van der Waals surface area contributed by atoms with Crippen LogP contribution in [0, 0.1) is 25.2 Å². The first-order chi connectivity index (χ1) is 16.7. The highest BCUT2D eigenvalue weighted by Gasteiger charge is 2.44. The van der Waals surface area contributed by atoms with E-state index < -0.39 is 5.67 Å². The first-order valence-electron chi connectivity index (χ1n) is 11.9. The number of anilines is 1. The van der Waals surface area contributed by atoms with Gasteiger partial charge >= 0.3 is 0 Å². The van der Waals surface area contributed by atoms with E-state index in [1.807, 2.05) is 25.1 Å². The molecule has 6 nitrogen and oxygen atoms in total. The van der Waals surface area contributed by atoms with Crippen molar-refractivity contribution < 1.29 is 14.0 Å². The van der Waals surface area contributed by atoms with Crippen molar-refractivity contribution in [3.63, 3.8) is 0 Å². The zero-order valence-corrected chi connectivity index (χ0v) is 20.7. The molecule has 0 atom stereocenters. The van der Waals surface area contributed by atoms with Crippen molar-refractivity contribution >= 4 is 35.2 Å². The summed E-state index contributed by atoms with van der Waals surface area (Å²) in [5, 5.41) is 12.6. The van der Waals surface area contributed by atoms with Gasteiger partial charge in [0.05, 0.1) is 16.8 Å². The van der Waals surface area contributed by atoms with E-state index in [0.717, 1.165) is 29.5 Å². The molecule has 0 radical (unpaired) electrons. The van der Waals surface area contributed by atoms with Crippen LogP contribution in [-0.4, -0.2) is 40.5 Å². The second kappa shape index (κ2) is 10.2. The summed E-state index contributed by atoms with van der Waals surface area (Å²) in [6.07, 6.45) is 7.03. The Morgan fingerprint density at radius 2 is 1.89 bits per heavy atom. The second-order valence-electron chi connectivity index (χ2n) is 9.36. The van der Waals surface area contributed by atoms with Crippen LogP contribution in [0.1, 0.15) is 71.3 Å². The Morgan fingerprint density at radius 3 is 2.54 bits per heavy atom. The number of halogens is 2. The van der Waals surface area contributed by atoms with Crippen molar-refractivity contribution in [2.24, 2.45) is 0 Å². The van der Waals surface area contributed by atoms with Crippen molar-refractivity contribution in [3.8, 4) is 6.07 Å². The minimum atomic E-state index is -1.68. The molecule has 2 aromatic rings.